The van der Waals surface area contributed by atoms with E-state index in [0.717, 1.165) is 10.0 Å². The molecule has 0 aromatic heterocycles. The minimum atomic E-state index is -3.38. The number of sulfonamides is 1. The van der Waals surface area contributed by atoms with Gasteiger partial charge in [-0.25, -0.2) is 8.42 Å². The summed E-state index contributed by atoms with van der Waals surface area (Å²) >= 11 is 3.32. The number of hydrogen-bond donors (Lipinski definition) is 0. The van der Waals surface area contributed by atoms with Crippen molar-refractivity contribution >= 4 is 26.0 Å². The highest BCUT2D eigenvalue weighted by Gasteiger charge is 2.26. The standard InChI is InChI=1S/C11H14BrNO3S/c1-9-6-10(12)8-11(7-9)17(14,15)13-2-4-16-5-3-13/h6-8H,2-5H2,1H3. The lowest BCUT2D eigenvalue weighted by Crippen LogP contribution is -2.40. The second-order valence-electron chi connectivity index (χ2n) is 3.98. The smallest absolute Gasteiger partial charge is 0.243 e. The van der Waals surface area contributed by atoms with Crippen LogP contribution in [0.4, 0.5) is 0 Å². The van der Waals surface area contributed by atoms with Crippen molar-refractivity contribution in [2.24, 2.45) is 0 Å². The Labute approximate surface area is 110 Å². The molecular weight excluding hydrogens is 306 g/mol. The molecule has 1 aliphatic heterocycles. The van der Waals surface area contributed by atoms with Gasteiger partial charge >= 0.3 is 0 Å². The van der Waals surface area contributed by atoms with Gasteiger partial charge in [-0.1, -0.05) is 15.9 Å². The molecule has 94 valence electrons. The zero-order chi connectivity index (χ0) is 12.5. The first-order valence-corrected chi connectivity index (χ1v) is 7.58. The molecule has 1 saturated heterocycles. The molecule has 0 unspecified atom stereocenters. The maximum Gasteiger partial charge on any atom is 0.243 e. The van der Waals surface area contributed by atoms with Crippen LogP contribution in [-0.2, 0) is 14.8 Å². The van der Waals surface area contributed by atoms with E-state index in [1.54, 1.807) is 12.1 Å². The molecule has 17 heavy (non-hydrogen) atoms. The third-order valence-corrected chi connectivity index (χ3v) is 4.96. The molecule has 6 heteroatoms. The first kappa shape index (κ1) is 13.0. The van der Waals surface area contributed by atoms with Crippen molar-refractivity contribution in [2.75, 3.05) is 26.3 Å². The zero-order valence-electron chi connectivity index (χ0n) is 9.52. The van der Waals surface area contributed by atoms with E-state index in [1.807, 2.05) is 13.0 Å². The van der Waals surface area contributed by atoms with Crippen LogP contribution < -0.4 is 0 Å². The van der Waals surface area contributed by atoms with Gasteiger partial charge in [0, 0.05) is 17.6 Å². The summed E-state index contributed by atoms with van der Waals surface area (Å²) in [6.45, 7) is 3.66. The van der Waals surface area contributed by atoms with E-state index in [9.17, 15) is 8.42 Å². The van der Waals surface area contributed by atoms with E-state index >= 15 is 0 Å². The number of halogens is 1. The summed E-state index contributed by atoms with van der Waals surface area (Å²) < 4.78 is 32.1. The van der Waals surface area contributed by atoms with Crippen LogP contribution in [0.25, 0.3) is 0 Å². The minimum Gasteiger partial charge on any atom is -0.379 e. The van der Waals surface area contributed by atoms with Gasteiger partial charge in [-0.15, -0.1) is 0 Å². The Kier molecular flexibility index (Phi) is 3.87. The summed E-state index contributed by atoms with van der Waals surface area (Å²) in [5, 5.41) is 0. The van der Waals surface area contributed by atoms with Crippen molar-refractivity contribution in [3.8, 4) is 0 Å². The van der Waals surface area contributed by atoms with Crippen LogP contribution >= 0.6 is 15.9 Å². The Hall–Kier alpha value is -0.430. The van der Waals surface area contributed by atoms with Crippen molar-refractivity contribution in [1.29, 1.82) is 0 Å². The molecule has 1 aromatic rings. The number of rotatable bonds is 2. The second-order valence-corrected chi connectivity index (χ2v) is 6.83. The predicted molar refractivity (Wildman–Crippen MR) is 68.5 cm³/mol. The summed E-state index contributed by atoms with van der Waals surface area (Å²) in [5.41, 5.74) is 0.922. The minimum absolute atomic E-state index is 0.339. The Bertz CT molecular complexity index is 489. The zero-order valence-corrected chi connectivity index (χ0v) is 11.9. The number of morpholine rings is 1. The van der Waals surface area contributed by atoms with Gasteiger partial charge in [0.2, 0.25) is 10.0 Å². The Morgan fingerprint density at radius 3 is 2.47 bits per heavy atom. The quantitative estimate of drug-likeness (QED) is 0.834. The van der Waals surface area contributed by atoms with Gasteiger partial charge in [0.1, 0.15) is 0 Å². The van der Waals surface area contributed by atoms with Crippen LogP contribution in [0, 0.1) is 6.92 Å². The van der Waals surface area contributed by atoms with Crippen LogP contribution in [0.5, 0.6) is 0 Å². The summed E-state index contributed by atoms with van der Waals surface area (Å²) in [6, 6.07) is 5.21. The molecule has 0 radical (unpaired) electrons. The maximum atomic E-state index is 12.3. The lowest BCUT2D eigenvalue weighted by molar-refractivity contribution is 0.0730. The van der Waals surface area contributed by atoms with Crippen LogP contribution in [0.3, 0.4) is 0 Å². The average molecular weight is 320 g/mol. The molecule has 4 nitrogen and oxygen atoms in total. The van der Waals surface area contributed by atoms with Crippen molar-refractivity contribution < 1.29 is 13.2 Å². The fraction of sp³-hybridized carbons (Fsp3) is 0.455. The molecule has 0 saturated carbocycles. The normalized spacial score (nSPS) is 18.2. The summed E-state index contributed by atoms with van der Waals surface area (Å²) in [5.74, 6) is 0. The molecule has 0 aliphatic carbocycles. The molecule has 1 aliphatic rings. The molecule has 0 N–H and O–H groups in total. The largest absolute Gasteiger partial charge is 0.379 e. The molecule has 1 fully saturated rings. The van der Waals surface area contributed by atoms with Gasteiger partial charge in [-0.3, -0.25) is 0 Å². The highest BCUT2D eigenvalue weighted by atomic mass is 79.9. The number of aryl methyl sites for hydroxylation is 1. The van der Waals surface area contributed by atoms with E-state index in [4.69, 9.17) is 4.74 Å². The molecule has 0 atom stereocenters. The lowest BCUT2D eigenvalue weighted by Gasteiger charge is -2.26. The summed E-state index contributed by atoms with van der Waals surface area (Å²) in [7, 11) is -3.38. The molecule has 1 aromatic carbocycles. The first-order valence-electron chi connectivity index (χ1n) is 5.35. The van der Waals surface area contributed by atoms with Crippen molar-refractivity contribution in [1.82, 2.24) is 4.31 Å². The maximum absolute atomic E-state index is 12.3. The fourth-order valence-corrected chi connectivity index (χ4v) is 4.09. The molecule has 0 amide bonds. The monoisotopic (exact) mass is 319 g/mol. The number of hydrogen-bond acceptors (Lipinski definition) is 3. The van der Waals surface area contributed by atoms with Gasteiger partial charge in [0.15, 0.2) is 0 Å². The van der Waals surface area contributed by atoms with E-state index in [1.165, 1.54) is 4.31 Å². The molecular formula is C11H14BrNO3S. The van der Waals surface area contributed by atoms with E-state index in [-0.39, 0.29) is 0 Å². The van der Waals surface area contributed by atoms with Crippen LogP contribution in [0.15, 0.2) is 27.6 Å². The number of nitrogens with zero attached hydrogens (tertiary/aromatic N) is 1. The predicted octanol–water partition coefficient (Wildman–Crippen LogP) is 1.78. The molecule has 2 rings (SSSR count). The highest BCUT2D eigenvalue weighted by Crippen LogP contribution is 2.22. The van der Waals surface area contributed by atoms with Gasteiger partial charge in [-0.2, -0.15) is 4.31 Å². The van der Waals surface area contributed by atoms with Gasteiger partial charge < -0.3 is 4.74 Å². The highest BCUT2D eigenvalue weighted by molar-refractivity contribution is 9.10. The van der Waals surface area contributed by atoms with E-state index in [0.29, 0.717) is 31.2 Å². The topological polar surface area (TPSA) is 46.6 Å². The van der Waals surface area contributed by atoms with Crippen LogP contribution in [0.2, 0.25) is 0 Å². The first-order chi connectivity index (χ1) is 8.00. The number of benzene rings is 1. The molecule has 1 heterocycles. The Morgan fingerprint density at radius 1 is 1.24 bits per heavy atom. The fourth-order valence-electron chi connectivity index (χ4n) is 1.79. The second kappa shape index (κ2) is 5.06. The van der Waals surface area contributed by atoms with Crippen molar-refractivity contribution in [3.05, 3.63) is 28.2 Å². The van der Waals surface area contributed by atoms with E-state index in [2.05, 4.69) is 15.9 Å². The summed E-state index contributed by atoms with van der Waals surface area (Å²) in [6.07, 6.45) is 0. The van der Waals surface area contributed by atoms with E-state index < -0.39 is 10.0 Å². The number of ether oxygens (including phenoxy) is 1. The van der Waals surface area contributed by atoms with Crippen molar-refractivity contribution in [2.45, 2.75) is 11.8 Å². The molecule has 0 bridgehead atoms. The SMILES string of the molecule is Cc1cc(Br)cc(S(=O)(=O)N2CCOCC2)c1. The van der Waals surface area contributed by atoms with Crippen LogP contribution in [0.1, 0.15) is 5.56 Å². The third-order valence-electron chi connectivity index (χ3n) is 2.62. The third kappa shape index (κ3) is 2.88. The van der Waals surface area contributed by atoms with Crippen molar-refractivity contribution in [3.63, 3.8) is 0 Å². The van der Waals surface area contributed by atoms with Gasteiger partial charge in [0.25, 0.3) is 0 Å². The molecule has 0 spiro atoms. The van der Waals surface area contributed by atoms with Gasteiger partial charge in [-0.05, 0) is 30.7 Å². The Balaban J connectivity index is 2.36. The lowest BCUT2D eigenvalue weighted by atomic mass is 10.2. The van der Waals surface area contributed by atoms with Gasteiger partial charge in [0.05, 0.1) is 18.1 Å². The summed E-state index contributed by atoms with van der Waals surface area (Å²) in [4.78, 5) is 0.339. The average Bonchev–Trinajstić information content (AvgIpc) is 2.29. The van der Waals surface area contributed by atoms with Crippen LogP contribution in [-0.4, -0.2) is 39.0 Å². The Morgan fingerprint density at radius 2 is 1.88 bits per heavy atom.